The van der Waals surface area contributed by atoms with Gasteiger partial charge in [-0.15, -0.1) is 0 Å². The van der Waals surface area contributed by atoms with Gasteiger partial charge in [-0.2, -0.15) is 0 Å². The Morgan fingerprint density at radius 1 is 1.14 bits per heavy atom. The van der Waals surface area contributed by atoms with E-state index in [2.05, 4.69) is 41.5 Å². The number of hydrogen-bond acceptors (Lipinski definition) is 7. The fourth-order valence-corrected chi connectivity index (χ4v) is 3.80. The molecule has 0 bridgehead atoms. The number of aromatic nitrogens is 3. The monoisotopic (exact) mass is 573 g/mol. The number of carbonyl (C=O) groups excluding carboxylic acids is 1. The van der Waals surface area contributed by atoms with E-state index in [-0.39, 0.29) is 23.1 Å². The molecule has 0 aromatic carbocycles. The largest absolute Gasteiger partial charge is 0.408 e. The van der Waals surface area contributed by atoms with Crippen molar-refractivity contribution < 1.29 is 20.1 Å². The number of hydrogen-bond donors (Lipinski definition) is 6. The molecule has 3 heterocycles. The number of anilines is 1. The zero-order chi connectivity index (χ0) is 27.8. The van der Waals surface area contributed by atoms with E-state index < -0.39 is 28.2 Å². The van der Waals surface area contributed by atoms with E-state index >= 15 is 0 Å². The number of H-pyrrole nitrogens is 1. The minimum atomic E-state index is -2.78. The van der Waals surface area contributed by atoms with Crippen molar-refractivity contribution in [3.63, 3.8) is 0 Å². The van der Waals surface area contributed by atoms with Gasteiger partial charge in [0.1, 0.15) is 55.3 Å². The highest BCUT2D eigenvalue weighted by atomic mass is 79.9. The van der Waals surface area contributed by atoms with Gasteiger partial charge in [0.2, 0.25) is 0 Å². The molecule has 16 heteroatoms. The Hall–Kier alpha value is -2.18. The van der Waals surface area contributed by atoms with Gasteiger partial charge in [0, 0.05) is 46.0 Å². The number of aliphatic hydroxyl groups excluding tert-OH is 1. The van der Waals surface area contributed by atoms with Crippen molar-refractivity contribution in [2.24, 2.45) is 0 Å². The second kappa shape index (κ2) is 10.9. The van der Waals surface area contributed by atoms with Crippen molar-refractivity contribution in [1.29, 1.82) is 0 Å². The Bertz CT molecular complexity index is 1290. The first kappa shape index (κ1) is 29.4. The average molecular weight is 574 g/mol. The second-order valence-electron chi connectivity index (χ2n) is 8.52. The highest BCUT2D eigenvalue weighted by Crippen LogP contribution is 2.33. The summed E-state index contributed by atoms with van der Waals surface area (Å²) in [5.74, 6) is -0.556. The molecule has 0 spiro atoms. The standard InChI is InChI=1S/C21H18B5BrClN5O4/c1-9-2-11(6-31-17(9)27)15(8-34)32-18(35)14-3-10(5-29-14)12-4-16(30-7-13(12)28)33-19(22,20(23,24)36)21(25,26)37/h2-7,15,29,34,36-37H,8H2,1H3,(H,30,33)(H,32,35). The van der Waals surface area contributed by atoms with Crippen LogP contribution in [-0.4, -0.2) is 98.3 Å². The summed E-state index contributed by atoms with van der Waals surface area (Å²) < 4.78 is 0.661. The van der Waals surface area contributed by atoms with Gasteiger partial charge >= 0.3 is 0 Å². The highest BCUT2D eigenvalue weighted by molar-refractivity contribution is 9.10. The van der Waals surface area contributed by atoms with Gasteiger partial charge in [0.15, 0.2) is 0 Å². The molecule has 1 unspecified atom stereocenters. The van der Waals surface area contributed by atoms with E-state index in [0.717, 1.165) is 5.56 Å². The molecule has 0 aliphatic rings. The first-order chi connectivity index (χ1) is 17.1. The zero-order valence-electron chi connectivity index (χ0n) is 19.5. The summed E-state index contributed by atoms with van der Waals surface area (Å²) in [6, 6.07) is 4.00. The van der Waals surface area contributed by atoms with Gasteiger partial charge in [-0.1, -0.05) is 11.6 Å². The molecule has 3 aromatic rings. The first-order valence-corrected chi connectivity index (χ1v) is 11.8. The minimum absolute atomic E-state index is 0.0591. The number of pyridine rings is 2. The normalized spacial score (nSPS) is 13.2. The van der Waals surface area contributed by atoms with Gasteiger partial charge in [0.05, 0.1) is 17.7 Å². The van der Waals surface area contributed by atoms with Crippen molar-refractivity contribution in [3.8, 4) is 11.1 Å². The average Bonchev–Trinajstić information content (AvgIpc) is 3.29. The van der Waals surface area contributed by atoms with Crippen molar-refractivity contribution >= 4 is 78.5 Å². The Morgan fingerprint density at radius 3 is 2.35 bits per heavy atom. The molecular formula is C21H18B5BrClN5O4. The molecule has 6 N–H and O–H groups in total. The number of aryl methyl sites for hydroxylation is 1. The van der Waals surface area contributed by atoms with E-state index in [1.54, 1.807) is 12.3 Å². The van der Waals surface area contributed by atoms with Gasteiger partial charge in [-0.3, -0.25) is 4.79 Å². The number of aromatic amines is 1. The third-order valence-corrected chi connectivity index (χ3v) is 6.74. The maximum absolute atomic E-state index is 12.9. The second-order valence-corrected chi connectivity index (χ2v) is 9.68. The molecule has 3 rings (SSSR count). The van der Waals surface area contributed by atoms with Gasteiger partial charge in [0.25, 0.3) is 5.91 Å². The van der Waals surface area contributed by atoms with E-state index in [0.29, 0.717) is 21.3 Å². The predicted octanol–water partition coefficient (Wildman–Crippen LogP) is -0.0977. The number of aliphatic hydroxyl groups is 3. The lowest BCUT2D eigenvalue weighted by Crippen LogP contribution is -2.74. The molecule has 1 amide bonds. The maximum Gasteiger partial charge on any atom is 0.268 e. The molecule has 3 aromatic heterocycles. The van der Waals surface area contributed by atoms with Crippen LogP contribution >= 0.6 is 27.5 Å². The van der Waals surface area contributed by atoms with Crippen molar-refractivity contribution in [3.05, 3.63) is 63.2 Å². The van der Waals surface area contributed by atoms with E-state index in [4.69, 9.17) is 50.8 Å². The van der Waals surface area contributed by atoms with Gasteiger partial charge in [-0.25, -0.2) is 9.97 Å². The predicted molar refractivity (Wildman–Crippen MR) is 148 cm³/mol. The summed E-state index contributed by atoms with van der Waals surface area (Å²) in [4.78, 5) is 23.9. The molecule has 0 aliphatic heterocycles. The molecule has 0 saturated heterocycles. The molecule has 0 aliphatic carbocycles. The first-order valence-electron chi connectivity index (χ1n) is 10.6. The molecule has 1 atom stereocenters. The van der Waals surface area contributed by atoms with Crippen LogP contribution < -0.4 is 10.6 Å². The quantitative estimate of drug-likeness (QED) is 0.155. The number of rotatable bonds is 9. The molecule has 0 saturated carbocycles. The molecule has 180 valence electrons. The fourth-order valence-electron chi connectivity index (χ4n) is 3.37. The molecule has 9 nitrogen and oxygen atoms in total. The number of amides is 1. The van der Waals surface area contributed by atoms with Crippen LogP contribution in [0.1, 0.15) is 27.7 Å². The topological polar surface area (TPSA) is 143 Å². The van der Waals surface area contributed by atoms with E-state index in [1.807, 2.05) is 6.92 Å². The van der Waals surface area contributed by atoms with Gasteiger partial charge < -0.3 is 30.9 Å². The summed E-state index contributed by atoms with van der Waals surface area (Å²) >= 11 is 9.62. The lowest BCUT2D eigenvalue weighted by atomic mass is 9.35. The van der Waals surface area contributed by atoms with Crippen molar-refractivity contribution in [1.82, 2.24) is 20.3 Å². The van der Waals surface area contributed by atoms with Crippen LogP contribution in [0.4, 0.5) is 5.82 Å². The third-order valence-electron chi connectivity index (χ3n) is 5.61. The molecule has 0 fully saturated rings. The van der Waals surface area contributed by atoms with E-state index in [1.165, 1.54) is 24.5 Å². The van der Waals surface area contributed by atoms with Crippen LogP contribution in [0.15, 0.2) is 41.4 Å². The van der Waals surface area contributed by atoms with Crippen LogP contribution in [-0.2, 0) is 0 Å². The maximum atomic E-state index is 12.9. The van der Waals surface area contributed by atoms with Crippen LogP contribution in [0, 0.1) is 6.92 Å². The lowest BCUT2D eigenvalue weighted by Gasteiger charge is -2.52. The Labute approximate surface area is 233 Å². The number of halogens is 2. The summed E-state index contributed by atoms with van der Waals surface area (Å²) in [6.07, 6.45) is 4.31. The van der Waals surface area contributed by atoms with Gasteiger partial charge in [-0.05, 0) is 52.2 Å². The Morgan fingerprint density at radius 2 is 1.78 bits per heavy atom. The van der Waals surface area contributed by atoms with Crippen molar-refractivity contribution in [2.75, 3.05) is 11.9 Å². The van der Waals surface area contributed by atoms with Crippen LogP contribution in [0.25, 0.3) is 11.1 Å². The molecule has 37 heavy (non-hydrogen) atoms. The Kier molecular flexibility index (Phi) is 8.66. The summed E-state index contributed by atoms with van der Waals surface area (Å²) in [7, 11) is 27.8. The summed E-state index contributed by atoms with van der Waals surface area (Å²) in [6.45, 7) is 1.49. The Balaban J connectivity index is 1.86. The minimum Gasteiger partial charge on any atom is -0.408 e. The third kappa shape index (κ3) is 6.29. The van der Waals surface area contributed by atoms with Crippen LogP contribution in [0.3, 0.4) is 0 Å². The molecule has 10 radical (unpaired) electrons. The number of nitrogens with zero attached hydrogens (tertiary/aromatic N) is 2. The van der Waals surface area contributed by atoms with Crippen LogP contribution in [0.5, 0.6) is 0 Å². The zero-order valence-corrected chi connectivity index (χ0v) is 21.9. The smallest absolute Gasteiger partial charge is 0.268 e. The van der Waals surface area contributed by atoms with Crippen LogP contribution in [0.2, 0.25) is 5.02 Å². The SMILES string of the molecule is [B]C([B])(O)C([B])(Nc1cc(-c2c[nH]c(C(=O)NC(CO)c3cnc(Br)c(C)c3)c2)c(Cl)cn1)C([B])([B])O. The highest BCUT2D eigenvalue weighted by Gasteiger charge is 2.47. The lowest BCUT2D eigenvalue weighted by molar-refractivity contribution is 0.0809. The summed E-state index contributed by atoms with van der Waals surface area (Å²) in [5.41, 5.74) is -0.0739. The number of nitrogens with one attached hydrogen (secondary N) is 3. The fraction of sp³-hybridized carbons (Fsp3) is 0.286. The number of carbonyl (C=O) groups is 1. The molecular weight excluding hydrogens is 556 g/mol. The van der Waals surface area contributed by atoms with E-state index in [9.17, 15) is 20.1 Å². The summed E-state index contributed by atoms with van der Waals surface area (Å²) in [5, 5.41) is 29.8. The van der Waals surface area contributed by atoms with Crippen molar-refractivity contribution in [2.45, 2.75) is 29.2 Å².